The molecule has 8 heteroatoms. The van der Waals surface area contributed by atoms with Gasteiger partial charge in [-0.1, -0.05) is 35.3 Å². The maximum Gasteiger partial charge on any atom is 0.412 e. The van der Waals surface area contributed by atoms with Gasteiger partial charge in [0.2, 0.25) is 0 Å². The van der Waals surface area contributed by atoms with Gasteiger partial charge in [0.05, 0.1) is 10.0 Å². The molecule has 0 spiro atoms. The second-order valence-corrected chi connectivity index (χ2v) is 7.97. The summed E-state index contributed by atoms with van der Waals surface area (Å²) in [6.45, 7) is 5.18. The molecule has 0 aliphatic carbocycles. The van der Waals surface area contributed by atoms with Crippen molar-refractivity contribution in [3.8, 4) is 0 Å². The van der Waals surface area contributed by atoms with E-state index in [4.69, 9.17) is 27.9 Å². The maximum atomic E-state index is 12.5. The number of rotatable bonds is 2. The highest BCUT2D eigenvalue weighted by molar-refractivity contribution is 7.99. The van der Waals surface area contributed by atoms with Gasteiger partial charge in [0.15, 0.2) is 0 Å². The normalized spacial score (nSPS) is 21.3. The minimum absolute atomic E-state index is 0.252. The average molecular weight is 378 g/mol. The molecule has 1 N–H and O–H groups in total. The Morgan fingerprint density at radius 2 is 2.00 bits per heavy atom. The lowest BCUT2D eigenvalue weighted by Gasteiger charge is -2.30. The molecule has 1 aromatic carbocycles. The predicted molar refractivity (Wildman–Crippen MR) is 91.2 cm³/mol. The topological polar surface area (TPSA) is 66.8 Å². The molecule has 0 saturated carbocycles. The minimum atomic E-state index is -1.08. The van der Waals surface area contributed by atoms with Crippen LogP contribution in [-0.2, 0) is 9.53 Å². The molecule has 1 unspecified atom stereocenters. The Labute approximate surface area is 148 Å². The van der Waals surface area contributed by atoms with E-state index < -0.39 is 29.1 Å². The average Bonchev–Trinajstić information content (AvgIpc) is 2.84. The lowest BCUT2D eigenvalue weighted by atomic mass is 10.1. The molecule has 0 radical (unpaired) electrons. The van der Waals surface area contributed by atoms with Crippen molar-refractivity contribution in [1.29, 1.82) is 0 Å². The molecule has 23 heavy (non-hydrogen) atoms. The third kappa shape index (κ3) is 4.05. The van der Waals surface area contributed by atoms with E-state index in [0.29, 0.717) is 15.6 Å². The molecule has 5 nitrogen and oxygen atoms in total. The summed E-state index contributed by atoms with van der Waals surface area (Å²) < 4.78 is 5.36. The molecule has 1 fully saturated rings. The molecular weight excluding hydrogens is 361 g/mol. The summed E-state index contributed by atoms with van der Waals surface area (Å²) in [5.41, 5.74) is -0.130. The molecule has 1 aliphatic heterocycles. The van der Waals surface area contributed by atoms with Crippen LogP contribution < -0.4 is 0 Å². The molecule has 1 amide bonds. The van der Waals surface area contributed by atoms with Crippen LogP contribution in [0, 0.1) is 0 Å². The zero-order valence-electron chi connectivity index (χ0n) is 12.9. The Balaban J connectivity index is 2.40. The van der Waals surface area contributed by atoms with Crippen molar-refractivity contribution < 1.29 is 19.4 Å². The first-order chi connectivity index (χ1) is 10.6. The van der Waals surface area contributed by atoms with E-state index in [2.05, 4.69) is 0 Å². The summed E-state index contributed by atoms with van der Waals surface area (Å²) >= 11 is 13.6. The monoisotopic (exact) mass is 377 g/mol. The summed E-state index contributed by atoms with van der Waals surface area (Å²) in [6.07, 6.45) is -0.684. The van der Waals surface area contributed by atoms with Crippen LogP contribution in [0.5, 0.6) is 0 Å². The van der Waals surface area contributed by atoms with Gasteiger partial charge in [-0.05, 0) is 26.8 Å². The van der Waals surface area contributed by atoms with Gasteiger partial charge in [-0.2, -0.15) is 0 Å². The van der Waals surface area contributed by atoms with Crippen LogP contribution >= 0.6 is 35.0 Å². The number of ether oxygens (including phenoxy) is 1. The summed E-state index contributed by atoms with van der Waals surface area (Å²) in [5.74, 6) is -0.828. The van der Waals surface area contributed by atoms with Gasteiger partial charge in [-0.3, -0.25) is 4.90 Å². The number of hydrogen-bond acceptors (Lipinski definition) is 4. The highest BCUT2D eigenvalue weighted by Crippen LogP contribution is 2.45. The predicted octanol–water partition coefficient (Wildman–Crippen LogP) is 4.43. The molecule has 1 aromatic rings. The lowest BCUT2D eigenvalue weighted by Crippen LogP contribution is -2.45. The van der Waals surface area contributed by atoms with E-state index >= 15 is 0 Å². The molecule has 1 heterocycles. The Hall–Kier alpha value is -1.11. The number of halogens is 2. The SMILES string of the molecule is CC(C)(C)OC(=O)N1C(c2cccc(Cl)c2Cl)SC[C@H]1C(=O)O. The Morgan fingerprint density at radius 3 is 2.57 bits per heavy atom. The molecule has 2 atom stereocenters. The Kier molecular flexibility index (Phi) is 5.38. The molecule has 0 bridgehead atoms. The molecular formula is C15H17Cl2NO4S. The maximum absolute atomic E-state index is 12.5. The number of nitrogens with zero attached hydrogens (tertiary/aromatic N) is 1. The van der Waals surface area contributed by atoms with Crippen molar-refractivity contribution in [2.24, 2.45) is 0 Å². The zero-order valence-corrected chi connectivity index (χ0v) is 15.2. The summed E-state index contributed by atoms with van der Waals surface area (Å²) in [5, 5.41) is 9.51. The van der Waals surface area contributed by atoms with E-state index in [0.717, 1.165) is 0 Å². The van der Waals surface area contributed by atoms with Crippen molar-refractivity contribution >= 4 is 47.0 Å². The van der Waals surface area contributed by atoms with Crippen LogP contribution in [0.25, 0.3) is 0 Å². The number of hydrogen-bond donors (Lipinski definition) is 1. The largest absolute Gasteiger partial charge is 0.480 e. The quantitative estimate of drug-likeness (QED) is 0.825. The van der Waals surface area contributed by atoms with Crippen molar-refractivity contribution in [1.82, 2.24) is 4.90 Å². The number of amides is 1. The number of aliphatic carboxylic acids is 1. The van der Waals surface area contributed by atoms with Crippen LogP contribution in [0.15, 0.2) is 18.2 Å². The van der Waals surface area contributed by atoms with Crippen LogP contribution in [0.2, 0.25) is 10.0 Å². The van der Waals surface area contributed by atoms with Gasteiger partial charge in [0.1, 0.15) is 17.0 Å². The number of carboxylic acids is 1. The first kappa shape index (κ1) is 18.2. The molecule has 0 aromatic heterocycles. The van der Waals surface area contributed by atoms with Gasteiger partial charge in [0, 0.05) is 11.3 Å². The van der Waals surface area contributed by atoms with Crippen LogP contribution in [0.3, 0.4) is 0 Å². The molecule has 2 rings (SSSR count). The second kappa shape index (κ2) is 6.79. The standard InChI is InChI=1S/C15H17Cl2NO4S/c1-15(2,3)22-14(21)18-10(13(19)20)7-23-12(18)8-5-4-6-9(16)11(8)17/h4-6,10,12H,7H2,1-3H3,(H,19,20)/t10-,12?/m0/s1. The van der Waals surface area contributed by atoms with Crippen molar-refractivity contribution in [3.63, 3.8) is 0 Å². The van der Waals surface area contributed by atoms with E-state index in [1.807, 2.05) is 0 Å². The van der Waals surface area contributed by atoms with E-state index in [1.54, 1.807) is 39.0 Å². The van der Waals surface area contributed by atoms with Gasteiger partial charge in [-0.25, -0.2) is 9.59 Å². The number of carbonyl (C=O) groups excluding carboxylic acids is 1. The van der Waals surface area contributed by atoms with Gasteiger partial charge < -0.3 is 9.84 Å². The fourth-order valence-electron chi connectivity index (χ4n) is 2.19. The number of benzene rings is 1. The fraction of sp³-hybridized carbons (Fsp3) is 0.467. The first-order valence-electron chi connectivity index (χ1n) is 6.91. The fourth-order valence-corrected chi connectivity index (χ4v) is 4.10. The van der Waals surface area contributed by atoms with Crippen molar-refractivity contribution in [3.05, 3.63) is 33.8 Å². The highest BCUT2D eigenvalue weighted by Gasteiger charge is 2.45. The van der Waals surface area contributed by atoms with Crippen molar-refractivity contribution in [2.45, 2.75) is 37.8 Å². The van der Waals surface area contributed by atoms with Gasteiger partial charge in [0.25, 0.3) is 0 Å². The summed E-state index contributed by atoms with van der Waals surface area (Å²) in [7, 11) is 0. The molecule has 1 saturated heterocycles. The van der Waals surface area contributed by atoms with Crippen LogP contribution in [0.4, 0.5) is 4.79 Å². The van der Waals surface area contributed by atoms with Crippen LogP contribution in [-0.4, -0.2) is 39.5 Å². The third-order valence-electron chi connectivity index (χ3n) is 3.14. The third-order valence-corrected chi connectivity index (χ3v) is 5.28. The smallest absolute Gasteiger partial charge is 0.412 e. The van der Waals surface area contributed by atoms with Gasteiger partial charge >= 0.3 is 12.1 Å². The van der Waals surface area contributed by atoms with Crippen molar-refractivity contribution in [2.75, 3.05) is 5.75 Å². The highest BCUT2D eigenvalue weighted by atomic mass is 35.5. The van der Waals surface area contributed by atoms with E-state index in [9.17, 15) is 14.7 Å². The zero-order chi connectivity index (χ0) is 17.4. The number of thioether (sulfide) groups is 1. The second-order valence-electron chi connectivity index (χ2n) is 6.07. The van der Waals surface area contributed by atoms with E-state index in [-0.39, 0.29) is 5.75 Å². The Morgan fingerprint density at radius 1 is 1.35 bits per heavy atom. The van der Waals surface area contributed by atoms with Gasteiger partial charge in [-0.15, -0.1) is 11.8 Å². The lowest BCUT2D eigenvalue weighted by molar-refractivity contribution is -0.142. The first-order valence-corrected chi connectivity index (χ1v) is 8.72. The summed E-state index contributed by atoms with van der Waals surface area (Å²) in [4.78, 5) is 25.2. The molecule has 1 aliphatic rings. The summed E-state index contributed by atoms with van der Waals surface area (Å²) in [6, 6.07) is 4.10. The number of carbonyl (C=O) groups is 2. The Bertz CT molecular complexity index is 632. The van der Waals surface area contributed by atoms with E-state index in [1.165, 1.54) is 16.7 Å². The molecule has 126 valence electrons. The minimum Gasteiger partial charge on any atom is -0.480 e. The number of carboxylic acid groups (broad SMARTS) is 1. The van der Waals surface area contributed by atoms with Crippen LogP contribution in [0.1, 0.15) is 31.7 Å².